The van der Waals surface area contributed by atoms with Crippen molar-refractivity contribution in [3.8, 4) is 33.0 Å². The van der Waals surface area contributed by atoms with Crippen LogP contribution in [0.1, 0.15) is 10.4 Å². The molecule has 6 nitrogen and oxygen atoms in total. The van der Waals surface area contributed by atoms with Gasteiger partial charge in [0.15, 0.2) is 5.13 Å². The van der Waals surface area contributed by atoms with E-state index in [9.17, 15) is 13.6 Å². The van der Waals surface area contributed by atoms with Crippen LogP contribution in [-0.2, 0) is 0 Å². The van der Waals surface area contributed by atoms with E-state index in [1.807, 2.05) is 25.1 Å². The van der Waals surface area contributed by atoms with Gasteiger partial charge in [0.2, 0.25) is 5.28 Å². The first-order valence-corrected chi connectivity index (χ1v) is 10.5. The van der Waals surface area contributed by atoms with E-state index in [1.165, 1.54) is 17.4 Å². The molecule has 0 aliphatic heterocycles. The molecule has 0 radical (unpaired) electrons. The van der Waals surface area contributed by atoms with E-state index < -0.39 is 23.1 Å². The number of carbonyl (C=O) groups is 1. The Labute approximate surface area is 191 Å². The number of primary amides is 1. The van der Waals surface area contributed by atoms with Gasteiger partial charge in [-0.3, -0.25) is 4.79 Å². The normalized spacial score (nSPS) is 10.9. The summed E-state index contributed by atoms with van der Waals surface area (Å²) in [6.45, 7) is 0. The fourth-order valence-corrected chi connectivity index (χ4v) is 4.29. The Balaban J connectivity index is 1.88. The SMILES string of the molecule is CN(C)c1nc(-c2cccc(-c3ccc(F)c(C(N)=O)c3F)c2)c(-c2ccnc(Cl)n2)s1. The highest BCUT2D eigenvalue weighted by atomic mass is 35.5. The lowest BCUT2D eigenvalue weighted by atomic mass is 9.98. The summed E-state index contributed by atoms with van der Waals surface area (Å²) in [6, 6.07) is 10.9. The number of nitrogens with zero attached hydrogens (tertiary/aromatic N) is 4. The molecule has 0 aliphatic carbocycles. The molecule has 32 heavy (non-hydrogen) atoms. The van der Waals surface area contributed by atoms with Crippen LogP contribution in [0.15, 0.2) is 48.7 Å². The molecule has 0 atom stereocenters. The maximum Gasteiger partial charge on any atom is 0.254 e. The largest absolute Gasteiger partial charge is 0.365 e. The Morgan fingerprint density at radius 3 is 2.53 bits per heavy atom. The smallest absolute Gasteiger partial charge is 0.254 e. The van der Waals surface area contributed by atoms with Gasteiger partial charge in [0, 0.05) is 31.4 Å². The molecule has 0 saturated carbocycles. The quantitative estimate of drug-likeness (QED) is 0.412. The molecule has 2 heterocycles. The Bertz CT molecular complexity index is 1340. The summed E-state index contributed by atoms with van der Waals surface area (Å²) in [7, 11) is 3.74. The molecule has 4 aromatic rings. The zero-order valence-corrected chi connectivity index (χ0v) is 18.5. The van der Waals surface area contributed by atoms with Crippen molar-refractivity contribution in [1.29, 1.82) is 0 Å². The summed E-state index contributed by atoms with van der Waals surface area (Å²) in [5.74, 6) is -3.19. The zero-order chi connectivity index (χ0) is 23.0. The molecular formula is C22H16ClF2N5OS. The topological polar surface area (TPSA) is 85.0 Å². The van der Waals surface area contributed by atoms with Crippen molar-refractivity contribution in [3.63, 3.8) is 0 Å². The molecule has 0 fully saturated rings. The van der Waals surface area contributed by atoms with Crippen LogP contribution in [0.4, 0.5) is 13.9 Å². The minimum absolute atomic E-state index is 0.0525. The molecule has 10 heteroatoms. The third-order valence-electron chi connectivity index (χ3n) is 4.64. The van der Waals surface area contributed by atoms with Crippen molar-refractivity contribution in [3.05, 3.63) is 71.1 Å². The Morgan fingerprint density at radius 1 is 1.09 bits per heavy atom. The second-order valence-electron chi connectivity index (χ2n) is 7.01. The molecule has 2 N–H and O–H groups in total. The maximum atomic E-state index is 14.9. The van der Waals surface area contributed by atoms with Crippen LogP contribution < -0.4 is 10.6 Å². The minimum Gasteiger partial charge on any atom is -0.365 e. The van der Waals surface area contributed by atoms with Crippen LogP contribution in [0.5, 0.6) is 0 Å². The van der Waals surface area contributed by atoms with E-state index >= 15 is 0 Å². The summed E-state index contributed by atoms with van der Waals surface area (Å²) >= 11 is 7.40. The highest BCUT2D eigenvalue weighted by Crippen LogP contribution is 2.40. The molecule has 162 valence electrons. The van der Waals surface area contributed by atoms with Gasteiger partial charge >= 0.3 is 0 Å². The van der Waals surface area contributed by atoms with Gasteiger partial charge in [0.05, 0.1) is 16.3 Å². The van der Waals surface area contributed by atoms with E-state index in [4.69, 9.17) is 22.3 Å². The van der Waals surface area contributed by atoms with Gasteiger partial charge in [-0.25, -0.2) is 23.7 Å². The summed E-state index contributed by atoms with van der Waals surface area (Å²) < 4.78 is 28.8. The number of thiazole rings is 1. The Kier molecular flexibility index (Phi) is 5.86. The lowest BCUT2D eigenvalue weighted by Crippen LogP contribution is -2.16. The first kappa shape index (κ1) is 21.8. The number of aromatic nitrogens is 3. The first-order valence-electron chi connectivity index (χ1n) is 9.32. The summed E-state index contributed by atoms with van der Waals surface area (Å²) in [5.41, 5.74) is 6.77. The fraction of sp³-hybridized carbons (Fsp3) is 0.0909. The van der Waals surface area contributed by atoms with Gasteiger partial charge < -0.3 is 10.6 Å². The van der Waals surface area contributed by atoms with E-state index in [1.54, 1.807) is 30.5 Å². The first-order chi connectivity index (χ1) is 15.3. The monoisotopic (exact) mass is 471 g/mol. The number of anilines is 1. The fourth-order valence-electron chi connectivity index (χ4n) is 3.17. The summed E-state index contributed by atoms with van der Waals surface area (Å²) in [6.07, 6.45) is 1.55. The van der Waals surface area contributed by atoms with Crippen LogP contribution in [0.3, 0.4) is 0 Å². The predicted molar refractivity (Wildman–Crippen MR) is 122 cm³/mol. The molecule has 1 amide bonds. The standard InChI is InChI=1S/C22H16ClF2N5OS/c1-30(2)22-29-18(19(32-22)15-8-9-27-21(23)28-15)12-5-3-4-11(10-12)13-6-7-14(24)16(17(13)25)20(26)31/h3-10H,1-2H3,(H2,26,31). The number of hydrogen-bond acceptors (Lipinski definition) is 6. The van der Waals surface area contributed by atoms with Crippen molar-refractivity contribution < 1.29 is 13.6 Å². The lowest BCUT2D eigenvalue weighted by molar-refractivity contribution is 0.0992. The van der Waals surface area contributed by atoms with Crippen molar-refractivity contribution >= 4 is 34.0 Å². The van der Waals surface area contributed by atoms with Crippen LogP contribution in [0.2, 0.25) is 5.28 Å². The van der Waals surface area contributed by atoms with Gasteiger partial charge in [-0.1, -0.05) is 29.5 Å². The molecule has 2 aromatic heterocycles. The van der Waals surface area contributed by atoms with Gasteiger partial charge in [0.1, 0.15) is 17.2 Å². The minimum atomic E-state index is -1.17. The average Bonchev–Trinajstić information content (AvgIpc) is 3.20. The van der Waals surface area contributed by atoms with E-state index in [2.05, 4.69) is 9.97 Å². The van der Waals surface area contributed by atoms with Crippen LogP contribution in [-0.4, -0.2) is 35.0 Å². The third-order valence-corrected chi connectivity index (χ3v) is 6.07. The number of carbonyl (C=O) groups excluding carboxylic acids is 1. The zero-order valence-electron chi connectivity index (χ0n) is 16.9. The maximum absolute atomic E-state index is 14.9. The Morgan fingerprint density at radius 2 is 1.84 bits per heavy atom. The molecule has 0 aliphatic rings. The number of nitrogens with two attached hydrogens (primary N) is 1. The van der Waals surface area contributed by atoms with Gasteiger partial charge in [-0.2, -0.15) is 0 Å². The van der Waals surface area contributed by atoms with Gasteiger partial charge in [-0.15, -0.1) is 0 Å². The van der Waals surface area contributed by atoms with Crippen molar-refractivity contribution in [2.75, 3.05) is 19.0 Å². The number of benzene rings is 2. The summed E-state index contributed by atoms with van der Waals surface area (Å²) in [4.78, 5) is 27.1. The second kappa shape index (κ2) is 8.60. The van der Waals surface area contributed by atoms with Crippen molar-refractivity contribution in [2.24, 2.45) is 5.73 Å². The lowest BCUT2D eigenvalue weighted by Gasteiger charge is -2.10. The van der Waals surface area contributed by atoms with Crippen LogP contribution >= 0.6 is 22.9 Å². The number of amides is 1. The molecule has 0 spiro atoms. The Hall–Kier alpha value is -3.43. The number of rotatable bonds is 5. The molecule has 0 saturated heterocycles. The van der Waals surface area contributed by atoms with E-state index in [-0.39, 0.29) is 10.8 Å². The highest BCUT2D eigenvalue weighted by molar-refractivity contribution is 7.19. The average molecular weight is 472 g/mol. The van der Waals surface area contributed by atoms with Crippen molar-refractivity contribution in [1.82, 2.24) is 15.0 Å². The number of halogens is 3. The molecule has 0 unspecified atom stereocenters. The number of hydrogen-bond donors (Lipinski definition) is 1. The van der Waals surface area contributed by atoms with Gasteiger partial charge in [-0.05, 0) is 41.4 Å². The molecule has 4 rings (SSSR count). The van der Waals surface area contributed by atoms with Crippen LogP contribution in [0, 0.1) is 11.6 Å². The van der Waals surface area contributed by atoms with E-state index in [0.29, 0.717) is 22.5 Å². The van der Waals surface area contributed by atoms with E-state index in [0.717, 1.165) is 16.1 Å². The molecule has 2 aromatic carbocycles. The van der Waals surface area contributed by atoms with Gasteiger partial charge in [0.25, 0.3) is 5.91 Å². The third kappa shape index (κ3) is 4.04. The summed E-state index contributed by atoms with van der Waals surface area (Å²) in [5, 5.41) is 0.841. The van der Waals surface area contributed by atoms with Crippen LogP contribution in [0.25, 0.3) is 33.0 Å². The second-order valence-corrected chi connectivity index (χ2v) is 8.32. The molecular weight excluding hydrogens is 456 g/mol. The molecule has 0 bridgehead atoms. The predicted octanol–water partition coefficient (Wildman–Crippen LogP) is 5.03. The van der Waals surface area contributed by atoms with Crippen molar-refractivity contribution in [2.45, 2.75) is 0 Å². The highest BCUT2D eigenvalue weighted by Gasteiger charge is 2.21.